The quantitative estimate of drug-likeness (QED) is 0.125. The van der Waals surface area contributed by atoms with Crippen molar-refractivity contribution < 1.29 is 30.0 Å². The van der Waals surface area contributed by atoms with E-state index >= 15 is 0 Å². The molecule has 0 aromatic heterocycles. The van der Waals surface area contributed by atoms with Crippen molar-refractivity contribution in [2.45, 2.75) is 116 Å². The highest BCUT2D eigenvalue weighted by molar-refractivity contribution is 5.92. The van der Waals surface area contributed by atoms with Crippen molar-refractivity contribution in [1.82, 2.24) is 5.32 Å². The molecule has 0 radical (unpaired) electrons. The number of hydrogen-bond donors (Lipinski definition) is 7. The van der Waals surface area contributed by atoms with Gasteiger partial charge in [-0.2, -0.15) is 4.99 Å². The van der Waals surface area contributed by atoms with Crippen molar-refractivity contribution in [3.63, 3.8) is 0 Å². The summed E-state index contributed by atoms with van der Waals surface area (Å²) in [5, 5.41) is 45.1. The highest BCUT2D eigenvalue weighted by atomic mass is 16.4. The van der Waals surface area contributed by atoms with Gasteiger partial charge in [-0.05, 0) is 111 Å². The molecule has 1 amide bonds. The zero-order chi connectivity index (χ0) is 29.4. The van der Waals surface area contributed by atoms with Crippen molar-refractivity contribution in [1.29, 1.82) is 0 Å². The Hall–Kier alpha value is -1.75. The smallest absolute Gasteiger partial charge is 0.320 e. The number of fused-ring (bicyclic) bond motifs is 5. The number of carboxylic acid groups (broad SMARTS) is 1. The minimum atomic E-state index is -1.04. The summed E-state index contributed by atoms with van der Waals surface area (Å²) in [6.07, 6.45) is 6.50. The minimum absolute atomic E-state index is 0.0245. The zero-order valence-corrected chi connectivity index (χ0v) is 24.5. The fraction of sp³-hybridized carbons (Fsp3) is 0.900. The second-order valence-electron chi connectivity index (χ2n) is 13.9. The number of nitrogens with one attached hydrogen (secondary N) is 1. The SMILES string of the molecule is CC(CCC(=O)N=C(N)NCCCC(N)C(=O)O)C1CCC2C3C(O)CC4CC(O)CCC4(C)C3CC(O)C12C. The van der Waals surface area contributed by atoms with E-state index in [1.54, 1.807) is 0 Å². The molecule has 40 heavy (non-hydrogen) atoms. The number of rotatable bonds is 9. The van der Waals surface area contributed by atoms with E-state index in [1.807, 2.05) is 0 Å². The lowest BCUT2D eigenvalue weighted by Crippen LogP contribution is -2.62. The van der Waals surface area contributed by atoms with Gasteiger partial charge in [-0.1, -0.05) is 20.8 Å². The molecule has 10 nitrogen and oxygen atoms in total. The number of aliphatic hydroxyl groups is 3. The van der Waals surface area contributed by atoms with Gasteiger partial charge in [-0.25, -0.2) is 0 Å². The number of nitrogens with two attached hydrogens (primary N) is 2. The molecule has 0 aromatic carbocycles. The zero-order valence-electron chi connectivity index (χ0n) is 24.5. The number of carbonyl (C=O) groups is 2. The van der Waals surface area contributed by atoms with Crippen LogP contribution in [0, 0.1) is 46.3 Å². The molecule has 4 rings (SSSR count). The number of guanidine groups is 1. The van der Waals surface area contributed by atoms with Crippen LogP contribution in [0.2, 0.25) is 0 Å². The Morgan fingerprint density at radius 3 is 2.48 bits per heavy atom. The topological polar surface area (TPSA) is 191 Å². The van der Waals surface area contributed by atoms with E-state index < -0.39 is 24.2 Å². The summed E-state index contributed by atoms with van der Waals surface area (Å²) in [6, 6.07) is -0.920. The molecule has 0 bridgehead atoms. The van der Waals surface area contributed by atoms with E-state index in [-0.39, 0.29) is 64.8 Å². The van der Waals surface area contributed by atoms with E-state index in [1.165, 1.54) is 0 Å². The molecule has 0 aliphatic heterocycles. The van der Waals surface area contributed by atoms with Gasteiger partial charge in [-0.15, -0.1) is 0 Å². The van der Waals surface area contributed by atoms with Crippen molar-refractivity contribution >= 4 is 17.8 Å². The average Bonchev–Trinajstić information content (AvgIpc) is 3.25. The van der Waals surface area contributed by atoms with E-state index in [0.717, 1.165) is 38.5 Å². The van der Waals surface area contributed by atoms with Crippen molar-refractivity contribution in [3.05, 3.63) is 0 Å². The van der Waals surface area contributed by atoms with Gasteiger partial charge in [0.2, 0.25) is 5.91 Å². The lowest BCUT2D eigenvalue weighted by atomic mass is 9.43. The van der Waals surface area contributed by atoms with E-state index in [4.69, 9.17) is 16.6 Å². The molecule has 4 aliphatic carbocycles. The molecule has 9 N–H and O–H groups in total. The van der Waals surface area contributed by atoms with Gasteiger partial charge in [0.15, 0.2) is 5.96 Å². The molecule has 0 spiro atoms. The van der Waals surface area contributed by atoms with Crippen molar-refractivity contribution in [2.24, 2.45) is 62.8 Å². The molecular weight excluding hydrogens is 512 g/mol. The molecule has 0 aromatic rings. The van der Waals surface area contributed by atoms with Gasteiger partial charge in [0.25, 0.3) is 0 Å². The summed E-state index contributed by atoms with van der Waals surface area (Å²) in [4.78, 5) is 27.3. The Kier molecular flexibility index (Phi) is 9.54. The van der Waals surface area contributed by atoms with Crippen LogP contribution in [0.25, 0.3) is 0 Å². The molecule has 4 saturated carbocycles. The van der Waals surface area contributed by atoms with Crippen LogP contribution in [0.5, 0.6) is 0 Å². The number of amides is 1. The van der Waals surface area contributed by atoms with Gasteiger partial charge >= 0.3 is 5.97 Å². The van der Waals surface area contributed by atoms with Crippen molar-refractivity contribution in [3.8, 4) is 0 Å². The molecule has 0 heterocycles. The second-order valence-corrected chi connectivity index (χ2v) is 13.9. The Morgan fingerprint density at radius 2 is 1.77 bits per heavy atom. The third-order valence-electron chi connectivity index (χ3n) is 11.9. The van der Waals surface area contributed by atoms with Crippen LogP contribution >= 0.6 is 0 Å². The number of aliphatic carboxylic acids is 1. The summed E-state index contributed by atoms with van der Waals surface area (Å²) < 4.78 is 0. The van der Waals surface area contributed by atoms with E-state index in [9.17, 15) is 24.9 Å². The maximum Gasteiger partial charge on any atom is 0.320 e. The first-order chi connectivity index (χ1) is 18.8. The Bertz CT molecular complexity index is 962. The normalized spacial score (nSPS) is 42.7. The van der Waals surface area contributed by atoms with E-state index in [0.29, 0.717) is 38.1 Å². The third-order valence-corrected chi connectivity index (χ3v) is 11.9. The number of hydrogen-bond acceptors (Lipinski definition) is 6. The first-order valence-corrected chi connectivity index (χ1v) is 15.4. The monoisotopic (exact) mass is 564 g/mol. The van der Waals surface area contributed by atoms with Crippen LogP contribution < -0.4 is 16.8 Å². The molecule has 0 saturated heterocycles. The van der Waals surface area contributed by atoms with Gasteiger partial charge in [0.05, 0.1) is 18.3 Å². The summed E-state index contributed by atoms with van der Waals surface area (Å²) in [5.74, 6) is 0.127. The van der Waals surface area contributed by atoms with Crippen molar-refractivity contribution in [2.75, 3.05) is 6.54 Å². The lowest BCUT2D eigenvalue weighted by Gasteiger charge is -2.63. The molecular formula is C30H52N4O6. The summed E-state index contributed by atoms with van der Waals surface area (Å²) in [7, 11) is 0. The Balaban J connectivity index is 1.34. The third kappa shape index (κ3) is 5.92. The average molecular weight is 565 g/mol. The van der Waals surface area contributed by atoms with Crippen LogP contribution in [0.15, 0.2) is 4.99 Å². The van der Waals surface area contributed by atoms with Crippen LogP contribution in [-0.2, 0) is 9.59 Å². The predicted molar refractivity (Wildman–Crippen MR) is 152 cm³/mol. The predicted octanol–water partition coefficient (Wildman–Crippen LogP) is 1.99. The molecule has 4 fully saturated rings. The summed E-state index contributed by atoms with van der Waals surface area (Å²) in [5.41, 5.74) is 11.1. The Labute approximate surface area is 238 Å². The van der Waals surface area contributed by atoms with Crippen LogP contribution in [0.1, 0.15) is 91.4 Å². The van der Waals surface area contributed by atoms with Crippen LogP contribution in [0.4, 0.5) is 0 Å². The van der Waals surface area contributed by atoms with Gasteiger partial charge < -0.3 is 37.2 Å². The maximum atomic E-state index is 12.5. The highest BCUT2D eigenvalue weighted by Gasteiger charge is 2.65. The number of carboxylic acids is 1. The van der Waals surface area contributed by atoms with Crippen LogP contribution in [0.3, 0.4) is 0 Å². The first kappa shape index (κ1) is 31.2. The molecule has 12 unspecified atom stereocenters. The summed E-state index contributed by atoms with van der Waals surface area (Å²) >= 11 is 0. The fourth-order valence-electron chi connectivity index (χ4n) is 9.58. The molecule has 228 valence electrons. The second kappa shape index (κ2) is 12.2. The van der Waals surface area contributed by atoms with Gasteiger partial charge in [-0.3, -0.25) is 9.59 Å². The van der Waals surface area contributed by atoms with Gasteiger partial charge in [0.1, 0.15) is 6.04 Å². The summed E-state index contributed by atoms with van der Waals surface area (Å²) in [6.45, 7) is 7.11. The Morgan fingerprint density at radius 1 is 1.05 bits per heavy atom. The molecule has 4 aliphatic rings. The lowest BCUT2D eigenvalue weighted by molar-refractivity contribution is -0.207. The first-order valence-electron chi connectivity index (χ1n) is 15.4. The van der Waals surface area contributed by atoms with E-state index in [2.05, 4.69) is 31.1 Å². The number of nitrogens with zero attached hydrogens (tertiary/aromatic N) is 1. The maximum absolute atomic E-state index is 12.5. The number of carbonyl (C=O) groups excluding carboxylic acids is 1. The number of aliphatic imine (C=N–C) groups is 1. The van der Waals surface area contributed by atoms with Crippen LogP contribution in [-0.4, -0.2) is 69.2 Å². The minimum Gasteiger partial charge on any atom is -0.480 e. The molecule has 12 atom stereocenters. The fourth-order valence-corrected chi connectivity index (χ4v) is 9.58. The number of aliphatic hydroxyl groups excluding tert-OH is 3. The molecule has 10 heteroatoms. The standard InChI is InChI=1S/C30H52N4O6/c1-16(6-9-25(38)34-28(32)33-12-4-5-22(31)27(39)40)19-7-8-20-26-21(15-24(37)30(19,20)3)29(2)11-10-18(35)13-17(29)14-23(26)36/h16-24,26,35-37H,4-15,31H2,1-3H3,(H,39,40)(H3,32,33,34,38). The largest absolute Gasteiger partial charge is 0.480 e. The van der Waals surface area contributed by atoms with Gasteiger partial charge in [0, 0.05) is 13.0 Å². The highest BCUT2D eigenvalue weighted by Crippen LogP contribution is 2.68.